The molecule has 0 atom stereocenters. The minimum atomic E-state index is -0.634. The molecule has 3 aromatic rings. The van der Waals surface area contributed by atoms with Crippen molar-refractivity contribution >= 4 is 28.6 Å². The first-order valence-electron chi connectivity index (χ1n) is 10.5. The number of fused-ring (bicyclic) bond motifs is 1. The third-order valence-electron chi connectivity index (χ3n) is 5.68. The van der Waals surface area contributed by atoms with Crippen molar-refractivity contribution in [3.8, 4) is 0 Å². The van der Waals surface area contributed by atoms with Gasteiger partial charge in [0.05, 0.1) is 23.4 Å². The maximum Gasteiger partial charge on any atom is 0.340 e. The molecule has 8 nitrogen and oxygen atoms in total. The van der Waals surface area contributed by atoms with Crippen molar-refractivity contribution in [3.05, 3.63) is 64.6 Å². The lowest BCUT2D eigenvalue weighted by Crippen LogP contribution is -2.27. The topological polar surface area (TPSA) is 102 Å². The number of ketones is 1. The Morgan fingerprint density at radius 2 is 1.91 bits per heavy atom. The number of pyridine rings is 1. The van der Waals surface area contributed by atoms with Gasteiger partial charge < -0.3 is 19.4 Å². The van der Waals surface area contributed by atoms with Crippen LogP contribution in [0.3, 0.4) is 0 Å². The Morgan fingerprint density at radius 1 is 1.16 bits per heavy atom. The van der Waals surface area contributed by atoms with Crippen molar-refractivity contribution in [1.82, 2.24) is 14.9 Å². The maximum atomic E-state index is 12.9. The zero-order chi connectivity index (χ0) is 22.7. The minimum absolute atomic E-state index is 0.124. The van der Waals surface area contributed by atoms with Gasteiger partial charge in [-0.3, -0.25) is 9.59 Å². The second-order valence-corrected chi connectivity index (χ2v) is 7.81. The van der Waals surface area contributed by atoms with Crippen LogP contribution in [0.25, 0.3) is 10.9 Å². The standard InChI is InChI=1S/C24H25N3O5/c1-15-17-7-3-4-8-18(17)26-20(13-31-2)22(15)24(30)32-14-21(28)16-11-19(25-12-16)23(29)27-9-5-6-10-27/h3-4,7-8,11-12,25H,5-6,9-10,13-14H2,1-2H3. The number of para-hydroxylation sites is 1. The molecule has 4 rings (SSSR count). The van der Waals surface area contributed by atoms with Crippen LogP contribution in [0, 0.1) is 6.92 Å². The summed E-state index contributed by atoms with van der Waals surface area (Å²) in [7, 11) is 1.53. The summed E-state index contributed by atoms with van der Waals surface area (Å²) in [6.45, 7) is 2.98. The molecule has 0 radical (unpaired) electrons. The number of esters is 1. The van der Waals surface area contributed by atoms with Crippen LogP contribution < -0.4 is 0 Å². The number of carbonyl (C=O) groups is 3. The summed E-state index contributed by atoms with van der Waals surface area (Å²) in [6.07, 6.45) is 3.45. The highest BCUT2D eigenvalue weighted by atomic mass is 16.5. The average Bonchev–Trinajstić information content (AvgIpc) is 3.50. The number of aromatic amines is 1. The zero-order valence-corrected chi connectivity index (χ0v) is 18.1. The summed E-state index contributed by atoms with van der Waals surface area (Å²) in [4.78, 5) is 47.1. The van der Waals surface area contributed by atoms with Gasteiger partial charge in [-0.15, -0.1) is 0 Å². The van der Waals surface area contributed by atoms with E-state index in [0.717, 1.165) is 42.4 Å². The first-order chi connectivity index (χ1) is 15.5. The Morgan fingerprint density at radius 3 is 2.66 bits per heavy atom. The fourth-order valence-corrected chi connectivity index (χ4v) is 4.01. The van der Waals surface area contributed by atoms with Crippen molar-refractivity contribution in [2.45, 2.75) is 26.4 Å². The first-order valence-corrected chi connectivity index (χ1v) is 10.5. The molecule has 3 heterocycles. The SMILES string of the molecule is COCc1nc2ccccc2c(C)c1C(=O)OCC(=O)c1c[nH]c(C(=O)N2CCCC2)c1. The predicted octanol–water partition coefficient (Wildman–Crippen LogP) is 3.29. The van der Waals surface area contributed by atoms with Crippen molar-refractivity contribution in [2.24, 2.45) is 0 Å². The van der Waals surface area contributed by atoms with Crippen LogP contribution in [0.4, 0.5) is 0 Å². The highest BCUT2D eigenvalue weighted by molar-refractivity contribution is 6.03. The van der Waals surface area contributed by atoms with Crippen LogP contribution in [-0.4, -0.2) is 59.3 Å². The third kappa shape index (κ3) is 4.27. The molecule has 1 aliphatic rings. The number of aromatic nitrogens is 2. The van der Waals surface area contributed by atoms with E-state index in [4.69, 9.17) is 9.47 Å². The molecule has 0 aliphatic carbocycles. The lowest BCUT2D eigenvalue weighted by molar-refractivity contribution is 0.0469. The number of rotatable bonds is 7. The summed E-state index contributed by atoms with van der Waals surface area (Å²) in [5, 5.41) is 0.835. The summed E-state index contributed by atoms with van der Waals surface area (Å²) in [5.41, 5.74) is 2.90. The molecule has 1 fully saturated rings. The quantitative estimate of drug-likeness (QED) is 0.451. The van der Waals surface area contributed by atoms with Gasteiger partial charge in [-0.25, -0.2) is 9.78 Å². The second-order valence-electron chi connectivity index (χ2n) is 7.81. The van der Waals surface area contributed by atoms with Crippen LogP contribution in [0.1, 0.15) is 55.3 Å². The molecule has 0 spiro atoms. The first kappa shape index (κ1) is 21.7. The number of amides is 1. The van der Waals surface area contributed by atoms with E-state index in [1.54, 1.807) is 4.90 Å². The van der Waals surface area contributed by atoms with Crippen LogP contribution in [0.2, 0.25) is 0 Å². The normalized spacial score (nSPS) is 13.5. The van der Waals surface area contributed by atoms with E-state index in [-0.39, 0.29) is 12.5 Å². The molecule has 1 aromatic carbocycles. The number of likely N-dealkylation sites (tertiary alicyclic amines) is 1. The van der Waals surface area contributed by atoms with Gasteiger partial charge in [0.2, 0.25) is 5.78 Å². The van der Waals surface area contributed by atoms with Gasteiger partial charge in [0, 0.05) is 37.3 Å². The van der Waals surface area contributed by atoms with E-state index >= 15 is 0 Å². The van der Waals surface area contributed by atoms with Crippen LogP contribution in [0.15, 0.2) is 36.5 Å². The Balaban J connectivity index is 1.48. The lowest BCUT2D eigenvalue weighted by atomic mass is 10.0. The van der Waals surface area contributed by atoms with Gasteiger partial charge in [-0.05, 0) is 37.5 Å². The number of aryl methyl sites for hydroxylation is 1. The molecule has 8 heteroatoms. The lowest BCUT2D eigenvalue weighted by Gasteiger charge is -2.13. The van der Waals surface area contributed by atoms with Gasteiger partial charge in [0.15, 0.2) is 6.61 Å². The van der Waals surface area contributed by atoms with Gasteiger partial charge in [-0.1, -0.05) is 18.2 Å². The number of ether oxygens (including phenoxy) is 2. The van der Waals surface area contributed by atoms with E-state index in [1.807, 2.05) is 31.2 Å². The minimum Gasteiger partial charge on any atom is -0.454 e. The van der Waals surface area contributed by atoms with E-state index in [2.05, 4.69) is 9.97 Å². The van der Waals surface area contributed by atoms with E-state index in [1.165, 1.54) is 19.4 Å². The molecule has 0 bridgehead atoms. The fourth-order valence-electron chi connectivity index (χ4n) is 4.01. The molecular formula is C24H25N3O5. The Labute approximate surface area is 185 Å². The number of carbonyl (C=O) groups excluding carboxylic acids is 3. The highest BCUT2D eigenvalue weighted by Gasteiger charge is 2.24. The van der Waals surface area contributed by atoms with E-state index in [0.29, 0.717) is 22.5 Å². The molecule has 0 unspecified atom stereocenters. The van der Waals surface area contributed by atoms with Gasteiger partial charge >= 0.3 is 5.97 Å². The third-order valence-corrected chi connectivity index (χ3v) is 5.68. The number of H-pyrrole nitrogens is 1. The molecule has 166 valence electrons. The number of Topliss-reactive ketones (excluding diaryl/α,β-unsaturated/α-hetero) is 1. The highest BCUT2D eigenvalue weighted by Crippen LogP contribution is 2.24. The largest absolute Gasteiger partial charge is 0.454 e. The fraction of sp³-hybridized carbons (Fsp3) is 0.333. The van der Waals surface area contributed by atoms with Crippen LogP contribution in [0.5, 0.6) is 0 Å². The number of methoxy groups -OCH3 is 1. The molecule has 1 N–H and O–H groups in total. The number of nitrogens with zero attached hydrogens (tertiary/aromatic N) is 2. The van der Waals surface area contributed by atoms with Crippen LogP contribution >= 0.6 is 0 Å². The Hall–Kier alpha value is -3.52. The molecular weight excluding hydrogens is 410 g/mol. The number of hydrogen-bond acceptors (Lipinski definition) is 6. The molecule has 32 heavy (non-hydrogen) atoms. The molecule has 2 aromatic heterocycles. The monoisotopic (exact) mass is 435 g/mol. The average molecular weight is 435 g/mol. The molecule has 1 aliphatic heterocycles. The van der Waals surface area contributed by atoms with Crippen molar-refractivity contribution in [3.63, 3.8) is 0 Å². The molecule has 1 amide bonds. The summed E-state index contributed by atoms with van der Waals surface area (Å²) < 4.78 is 10.5. The molecule has 0 saturated carbocycles. The van der Waals surface area contributed by atoms with Crippen molar-refractivity contribution in [1.29, 1.82) is 0 Å². The van der Waals surface area contributed by atoms with Crippen LogP contribution in [-0.2, 0) is 16.1 Å². The van der Waals surface area contributed by atoms with Crippen molar-refractivity contribution in [2.75, 3.05) is 26.8 Å². The zero-order valence-electron chi connectivity index (χ0n) is 18.1. The van der Waals surface area contributed by atoms with Crippen molar-refractivity contribution < 1.29 is 23.9 Å². The maximum absolute atomic E-state index is 12.9. The number of hydrogen-bond donors (Lipinski definition) is 1. The van der Waals surface area contributed by atoms with E-state index < -0.39 is 18.4 Å². The Bertz CT molecular complexity index is 1180. The second kappa shape index (κ2) is 9.32. The van der Waals surface area contributed by atoms with Gasteiger partial charge in [0.1, 0.15) is 5.69 Å². The number of benzene rings is 1. The van der Waals surface area contributed by atoms with E-state index in [9.17, 15) is 14.4 Å². The smallest absolute Gasteiger partial charge is 0.340 e. The summed E-state index contributed by atoms with van der Waals surface area (Å²) >= 11 is 0. The summed E-state index contributed by atoms with van der Waals surface area (Å²) in [6, 6.07) is 9.01. The molecule has 1 saturated heterocycles. The number of nitrogens with one attached hydrogen (secondary N) is 1. The Kier molecular flexibility index (Phi) is 6.32. The van der Waals surface area contributed by atoms with Gasteiger partial charge in [-0.2, -0.15) is 0 Å². The summed E-state index contributed by atoms with van der Waals surface area (Å²) in [5.74, 6) is -1.15. The predicted molar refractivity (Wildman–Crippen MR) is 118 cm³/mol. The van der Waals surface area contributed by atoms with Gasteiger partial charge in [0.25, 0.3) is 5.91 Å².